The first-order valence-corrected chi connectivity index (χ1v) is 7.88. The molecule has 0 fully saturated rings. The van der Waals surface area contributed by atoms with Crippen LogP contribution in [0.2, 0.25) is 0 Å². The van der Waals surface area contributed by atoms with E-state index in [0.29, 0.717) is 26.1 Å². The zero-order valence-corrected chi connectivity index (χ0v) is 13.7. The topological polar surface area (TPSA) is 70.1 Å². The second-order valence-electron chi connectivity index (χ2n) is 5.63. The van der Waals surface area contributed by atoms with Crippen molar-refractivity contribution in [2.75, 3.05) is 33.4 Å². The predicted octanol–water partition coefficient (Wildman–Crippen LogP) is 0.427. The van der Waals surface area contributed by atoms with Crippen molar-refractivity contribution in [3.8, 4) is 0 Å². The minimum atomic E-state index is -0.588. The summed E-state index contributed by atoms with van der Waals surface area (Å²) in [5, 5.41) is 9.06. The van der Waals surface area contributed by atoms with Gasteiger partial charge in [-0.25, -0.2) is 4.79 Å². The summed E-state index contributed by atoms with van der Waals surface area (Å²) < 4.78 is 4.88. The van der Waals surface area contributed by atoms with Crippen molar-refractivity contribution in [2.24, 2.45) is 0 Å². The van der Waals surface area contributed by atoms with Crippen molar-refractivity contribution in [1.29, 1.82) is 0 Å². The average molecular weight is 320 g/mol. The van der Waals surface area contributed by atoms with Crippen molar-refractivity contribution in [3.05, 3.63) is 35.4 Å². The van der Waals surface area contributed by atoms with E-state index >= 15 is 0 Å². The molecule has 126 valence electrons. The number of benzene rings is 1. The Labute approximate surface area is 136 Å². The van der Waals surface area contributed by atoms with Gasteiger partial charge in [-0.2, -0.15) is 0 Å². The summed E-state index contributed by atoms with van der Waals surface area (Å²) in [6, 6.07) is 7.25. The molecule has 1 aliphatic heterocycles. The predicted molar refractivity (Wildman–Crippen MR) is 85.7 cm³/mol. The number of aliphatic hydroxyl groups excluding tert-OH is 1. The molecule has 1 unspecified atom stereocenters. The zero-order chi connectivity index (χ0) is 16.8. The number of rotatable bonds is 6. The van der Waals surface area contributed by atoms with Crippen LogP contribution in [0.4, 0.5) is 0 Å². The maximum atomic E-state index is 12.7. The van der Waals surface area contributed by atoms with E-state index in [1.54, 1.807) is 4.90 Å². The highest BCUT2D eigenvalue weighted by Gasteiger charge is 2.35. The smallest absolute Gasteiger partial charge is 0.328 e. The Morgan fingerprint density at radius 3 is 2.65 bits per heavy atom. The Morgan fingerprint density at radius 1 is 1.35 bits per heavy atom. The van der Waals surface area contributed by atoms with Crippen LogP contribution in [0.5, 0.6) is 0 Å². The lowest BCUT2D eigenvalue weighted by Crippen LogP contribution is -2.52. The molecular weight excluding hydrogens is 296 g/mol. The normalized spacial score (nSPS) is 17.0. The van der Waals surface area contributed by atoms with Crippen molar-refractivity contribution in [2.45, 2.75) is 25.9 Å². The van der Waals surface area contributed by atoms with Crippen LogP contribution in [0.15, 0.2) is 24.3 Å². The fourth-order valence-corrected chi connectivity index (χ4v) is 2.90. The highest BCUT2D eigenvalue weighted by Crippen LogP contribution is 2.24. The van der Waals surface area contributed by atoms with Gasteiger partial charge < -0.3 is 14.7 Å². The zero-order valence-electron chi connectivity index (χ0n) is 13.7. The SMILES string of the molecule is CCN(CCO)CC(=O)N1Cc2ccccc2CC1C(=O)OC. The number of ether oxygens (including phenoxy) is 1. The summed E-state index contributed by atoms with van der Waals surface area (Å²) in [7, 11) is 1.34. The summed E-state index contributed by atoms with van der Waals surface area (Å²) >= 11 is 0. The summed E-state index contributed by atoms with van der Waals surface area (Å²) in [4.78, 5) is 28.2. The van der Waals surface area contributed by atoms with E-state index in [1.165, 1.54) is 7.11 Å². The number of carbonyl (C=O) groups is 2. The number of hydrogen-bond donors (Lipinski definition) is 1. The van der Waals surface area contributed by atoms with Crippen LogP contribution >= 0.6 is 0 Å². The minimum absolute atomic E-state index is 0.00435. The molecule has 1 heterocycles. The van der Waals surface area contributed by atoms with E-state index in [0.717, 1.165) is 11.1 Å². The molecule has 0 saturated carbocycles. The van der Waals surface area contributed by atoms with Gasteiger partial charge >= 0.3 is 5.97 Å². The third-order valence-electron chi connectivity index (χ3n) is 4.26. The van der Waals surface area contributed by atoms with Gasteiger partial charge in [-0.3, -0.25) is 9.69 Å². The third kappa shape index (κ3) is 4.09. The number of aliphatic hydroxyl groups is 1. The molecule has 1 aromatic rings. The number of fused-ring (bicyclic) bond motifs is 1. The Hall–Kier alpha value is -1.92. The maximum Gasteiger partial charge on any atom is 0.328 e. The van der Waals surface area contributed by atoms with Gasteiger partial charge in [0.05, 0.1) is 20.3 Å². The Balaban J connectivity index is 2.19. The van der Waals surface area contributed by atoms with Crippen LogP contribution in [0.1, 0.15) is 18.1 Å². The number of likely N-dealkylation sites (N-methyl/N-ethyl adjacent to an activating group) is 1. The summed E-state index contributed by atoms with van der Waals surface area (Å²) in [6.07, 6.45) is 0.473. The van der Waals surface area contributed by atoms with Crippen LogP contribution in [0.3, 0.4) is 0 Å². The lowest BCUT2D eigenvalue weighted by atomic mass is 9.94. The first-order valence-electron chi connectivity index (χ1n) is 7.88. The fraction of sp³-hybridized carbons (Fsp3) is 0.529. The standard InChI is InChI=1S/C17H24N2O4/c1-3-18(8-9-20)12-16(21)19-11-14-7-5-4-6-13(14)10-15(19)17(22)23-2/h4-7,15,20H,3,8-12H2,1-2H3. The van der Waals surface area contributed by atoms with Crippen molar-refractivity contribution >= 4 is 11.9 Å². The lowest BCUT2D eigenvalue weighted by Gasteiger charge is -2.36. The fourth-order valence-electron chi connectivity index (χ4n) is 2.90. The summed E-state index contributed by atoms with van der Waals surface area (Å²) in [6.45, 7) is 3.64. The molecule has 0 aromatic heterocycles. The van der Waals surface area contributed by atoms with Crippen LogP contribution < -0.4 is 0 Å². The first kappa shape index (κ1) is 17.4. The van der Waals surface area contributed by atoms with Gasteiger partial charge in [0, 0.05) is 19.5 Å². The van der Waals surface area contributed by atoms with E-state index in [2.05, 4.69) is 0 Å². The van der Waals surface area contributed by atoms with Gasteiger partial charge in [0.2, 0.25) is 5.91 Å². The monoisotopic (exact) mass is 320 g/mol. The molecule has 0 radical (unpaired) electrons. The second kappa shape index (κ2) is 8.08. The Bertz CT molecular complexity index is 561. The van der Waals surface area contributed by atoms with E-state index < -0.39 is 12.0 Å². The van der Waals surface area contributed by atoms with Crippen LogP contribution in [-0.2, 0) is 27.3 Å². The maximum absolute atomic E-state index is 12.7. The van der Waals surface area contributed by atoms with E-state index in [1.807, 2.05) is 36.1 Å². The molecule has 1 aliphatic rings. The molecule has 23 heavy (non-hydrogen) atoms. The third-order valence-corrected chi connectivity index (χ3v) is 4.26. The molecule has 1 amide bonds. The Kier molecular flexibility index (Phi) is 6.12. The van der Waals surface area contributed by atoms with Gasteiger partial charge in [-0.15, -0.1) is 0 Å². The number of esters is 1. The van der Waals surface area contributed by atoms with Crippen molar-refractivity contribution < 1.29 is 19.4 Å². The molecule has 6 nitrogen and oxygen atoms in total. The van der Waals surface area contributed by atoms with Crippen molar-refractivity contribution in [1.82, 2.24) is 9.80 Å². The molecule has 1 atom stereocenters. The van der Waals surface area contributed by atoms with E-state index in [-0.39, 0.29) is 19.1 Å². The van der Waals surface area contributed by atoms with Crippen LogP contribution in [0, 0.1) is 0 Å². The van der Waals surface area contributed by atoms with Gasteiger partial charge in [-0.1, -0.05) is 31.2 Å². The van der Waals surface area contributed by atoms with Crippen LogP contribution in [0.25, 0.3) is 0 Å². The highest BCUT2D eigenvalue weighted by atomic mass is 16.5. The number of hydrogen-bond acceptors (Lipinski definition) is 5. The number of methoxy groups -OCH3 is 1. The molecule has 0 bridgehead atoms. The minimum Gasteiger partial charge on any atom is -0.467 e. The first-order chi connectivity index (χ1) is 11.1. The van der Waals surface area contributed by atoms with Gasteiger partial charge in [0.1, 0.15) is 6.04 Å². The molecule has 0 saturated heterocycles. The lowest BCUT2D eigenvalue weighted by molar-refractivity contribution is -0.154. The molecule has 1 aromatic carbocycles. The van der Waals surface area contributed by atoms with Gasteiger partial charge in [0.25, 0.3) is 0 Å². The van der Waals surface area contributed by atoms with Gasteiger partial charge in [-0.05, 0) is 17.7 Å². The molecule has 6 heteroatoms. The van der Waals surface area contributed by atoms with E-state index in [4.69, 9.17) is 9.84 Å². The second-order valence-corrected chi connectivity index (χ2v) is 5.63. The molecule has 2 rings (SSSR count). The van der Waals surface area contributed by atoms with Crippen LogP contribution in [-0.4, -0.2) is 66.2 Å². The molecular formula is C17H24N2O4. The highest BCUT2D eigenvalue weighted by molar-refractivity contribution is 5.86. The summed E-state index contributed by atoms with van der Waals surface area (Å²) in [5.41, 5.74) is 2.14. The van der Waals surface area contributed by atoms with Crippen molar-refractivity contribution in [3.63, 3.8) is 0 Å². The largest absolute Gasteiger partial charge is 0.467 e. The Morgan fingerprint density at radius 2 is 2.04 bits per heavy atom. The molecule has 0 aliphatic carbocycles. The quantitative estimate of drug-likeness (QED) is 0.770. The summed E-state index contributed by atoms with van der Waals surface area (Å²) in [5.74, 6) is -0.511. The number of nitrogens with zero attached hydrogens (tertiary/aromatic N) is 2. The average Bonchev–Trinajstić information content (AvgIpc) is 2.59. The number of carbonyl (C=O) groups excluding carboxylic acids is 2. The van der Waals surface area contributed by atoms with E-state index in [9.17, 15) is 9.59 Å². The van der Waals surface area contributed by atoms with Gasteiger partial charge in [0.15, 0.2) is 0 Å². The molecule has 1 N–H and O–H groups in total. The molecule has 0 spiro atoms. The number of amides is 1.